The van der Waals surface area contributed by atoms with E-state index in [-0.39, 0.29) is 0 Å². The van der Waals surface area contributed by atoms with Crippen LogP contribution < -0.4 is 0 Å². The molecule has 0 spiro atoms. The smallest absolute Gasteiger partial charge is 0.00211 e. The standard InChI is InChI=1S/C8H16S2/c9-5-6-10-7-8-3-1-2-4-8/h8-9H,1-7H2. The predicted molar refractivity (Wildman–Crippen MR) is 53.1 cm³/mol. The van der Waals surface area contributed by atoms with Crippen molar-refractivity contribution in [2.45, 2.75) is 25.7 Å². The Morgan fingerprint density at radius 1 is 1.30 bits per heavy atom. The average molecular weight is 176 g/mol. The molecular formula is C8H16S2. The van der Waals surface area contributed by atoms with Gasteiger partial charge in [0.2, 0.25) is 0 Å². The Morgan fingerprint density at radius 3 is 2.60 bits per heavy atom. The van der Waals surface area contributed by atoms with Crippen molar-refractivity contribution in [3.8, 4) is 0 Å². The molecular weight excluding hydrogens is 160 g/mol. The third-order valence-electron chi connectivity index (χ3n) is 2.06. The molecule has 0 unspecified atom stereocenters. The summed E-state index contributed by atoms with van der Waals surface area (Å²) < 4.78 is 0. The maximum atomic E-state index is 4.18. The van der Waals surface area contributed by atoms with Gasteiger partial charge < -0.3 is 0 Å². The molecule has 1 saturated carbocycles. The van der Waals surface area contributed by atoms with E-state index in [0.29, 0.717) is 0 Å². The summed E-state index contributed by atoms with van der Waals surface area (Å²) in [5, 5.41) is 0. The molecule has 1 aliphatic rings. The molecule has 0 N–H and O–H groups in total. The summed E-state index contributed by atoms with van der Waals surface area (Å²) in [6, 6.07) is 0. The second kappa shape index (κ2) is 5.36. The third kappa shape index (κ3) is 3.20. The summed E-state index contributed by atoms with van der Waals surface area (Å²) in [6.07, 6.45) is 5.93. The van der Waals surface area contributed by atoms with Crippen molar-refractivity contribution in [1.82, 2.24) is 0 Å². The Kier molecular flexibility index (Phi) is 4.72. The van der Waals surface area contributed by atoms with Crippen LogP contribution in [-0.2, 0) is 0 Å². The first-order valence-electron chi connectivity index (χ1n) is 4.12. The van der Waals surface area contributed by atoms with Crippen molar-refractivity contribution in [3.05, 3.63) is 0 Å². The normalized spacial score (nSPS) is 20.1. The van der Waals surface area contributed by atoms with Crippen LogP contribution in [0.4, 0.5) is 0 Å². The number of thiol groups is 1. The summed E-state index contributed by atoms with van der Waals surface area (Å²) in [5.41, 5.74) is 0. The van der Waals surface area contributed by atoms with Crippen LogP contribution in [0.15, 0.2) is 0 Å². The van der Waals surface area contributed by atoms with Crippen LogP contribution in [0.2, 0.25) is 0 Å². The van der Waals surface area contributed by atoms with Crippen molar-refractivity contribution in [2.75, 3.05) is 17.3 Å². The number of hydrogen-bond acceptors (Lipinski definition) is 2. The van der Waals surface area contributed by atoms with Gasteiger partial charge in [0.05, 0.1) is 0 Å². The van der Waals surface area contributed by atoms with Crippen molar-refractivity contribution in [2.24, 2.45) is 5.92 Å². The number of thioether (sulfide) groups is 1. The summed E-state index contributed by atoms with van der Waals surface area (Å²) in [4.78, 5) is 0. The SMILES string of the molecule is SCCSCC1CCCC1. The zero-order chi connectivity index (χ0) is 7.23. The highest BCUT2D eigenvalue weighted by molar-refractivity contribution is 7.99. The van der Waals surface area contributed by atoms with Gasteiger partial charge in [-0.15, -0.1) is 0 Å². The van der Waals surface area contributed by atoms with Gasteiger partial charge >= 0.3 is 0 Å². The first-order valence-corrected chi connectivity index (χ1v) is 5.91. The van der Waals surface area contributed by atoms with Gasteiger partial charge in [-0.2, -0.15) is 24.4 Å². The van der Waals surface area contributed by atoms with E-state index in [2.05, 4.69) is 24.4 Å². The summed E-state index contributed by atoms with van der Waals surface area (Å²) >= 11 is 6.25. The van der Waals surface area contributed by atoms with Crippen LogP contribution in [0, 0.1) is 5.92 Å². The van der Waals surface area contributed by atoms with Crippen LogP contribution in [0.1, 0.15) is 25.7 Å². The molecule has 0 amide bonds. The molecule has 1 fully saturated rings. The van der Waals surface area contributed by atoms with E-state index < -0.39 is 0 Å². The first-order chi connectivity index (χ1) is 4.93. The molecule has 0 saturated heterocycles. The summed E-state index contributed by atoms with van der Waals surface area (Å²) in [7, 11) is 0. The maximum Gasteiger partial charge on any atom is 0.00211 e. The molecule has 2 heteroatoms. The lowest BCUT2D eigenvalue weighted by Gasteiger charge is -2.06. The molecule has 0 atom stereocenters. The van der Waals surface area contributed by atoms with Crippen LogP contribution >= 0.6 is 24.4 Å². The molecule has 0 nitrogen and oxygen atoms in total. The van der Waals surface area contributed by atoms with Gasteiger partial charge in [0.1, 0.15) is 0 Å². The molecule has 1 rings (SSSR count). The van der Waals surface area contributed by atoms with E-state index in [1.165, 1.54) is 37.2 Å². The lowest BCUT2D eigenvalue weighted by Crippen LogP contribution is -1.97. The highest BCUT2D eigenvalue weighted by Crippen LogP contribution is 2.27. The molecule has 60 valence electrons. The molecule has 0 aromatic carbocycles. The Balaban J connectivity index is 1.91. The lowest BCUT2D eigenvalue weighted by molar-refractivity contribution is 0.623. The van der Waals surface area contributed by atoms with E-state index in [0.717, 1.165) is 11.7 Å². The molecule has 0 radical (unpaired) electrons. The van der Waals surface area contributed by atoms with Crippen molar-refractivity contribution < 1.29 is 0 Å². The van der Waals surface area contributed by atoms with Gasteiger partial charge in [0, 0.05) is 5.75 Å². The van der Waals surface area contributed by atoms with Gasteiger partial charge in [-0.05, 0) is 30.3 Å². The average Bonchev–Trinajstić information content (AvgIpc) is 2.41. The van der Waals surface area contributed by atoms with Gasteiger partial charge in [-0.25, -0.2) is 0 Å². The van der Waals surface area contributed by atoms with Crippen molar-refractivity contribution in [3.63, 3.8) is 0 Å². The van der Waals surface area contributed by atoms with E-state index in [1.54, 1.807) is 0 Å². The second-order valence-electron chi connectivity index (χ2n) is 2.95. The molecule has 0 heterocycles. The Morgan fingerprint density at radius 2 is 2.00 bits per heavy atom. The summed E-state index contributed by atoms with van der Waals surface area (Å²) in [6.45, 7) is 0. The van der Waals surface area contributed by atoms with Crippen molar-refractivity contribution in [1.29, 1.82) is 0 Å². The minimum absolute atomic E-state index is 1.04. The maximum absolute atomic E-state index is 4.18. The minimum atomic E-state index is 1.04. The van der Waals surface area contributed by atoms with Crippen LogP contribution in [-0.4, -0.2) is 17.3 Å². The number of rotatable bonds is 4. The zero-order valence-corrected chi connectivity index (χ0v) is 8.09. The lowest BCUT2D eigenvalue weighted by atomic mass is 10.1. The highest BCUT2D eigenvalue weighted by Gasteiger charge is 2.13. The fraction of sp³-hybridized carbons (Fsp3) is 1.00. The second-order valence-corrected chi connectivity index (χ2v) is 4.55. The zero-order valence-electron chi connectivity index (χ0n) is 6.38. The quantitative estimate of drug-likeness (QED) is 0.508. The molecule has 1 aliphatic carbocycles. The van der Waals surface area contributed by atoms with Crippen LogP contribution in [0.5, 0.6) is 0 Å². The largest absolute Gasteiger partial charge is 0.179 e. The molecule has 0 bridgehead atoms. The minimum Gasteiger partial charge on any atom is -0.179 e. The van der Waals surface area contributed by atoms with Gasteiger partial charge in [-0.1, -0.05) is 12.8 Å². The van der Waals surface area contributed by atoms with Crippen molar-refractivity contribution >= 4 is 24.4 Å². The molecule has 0 aromatic heterocycles. The molecule has 0 aromatic rings. The molecule has 0 aliphatic heterocycles. The highest BCUT2D eigenvalue weighted by atomic mass is 32.2. The van der Waals surface area contributed by atoms with E-state index in [9.17, 15) is 0 Å². The number of hydrogen-bond donors (Lipinski definition) is 1. The van der Waals surface area contributed by atoms with Crippen LogP contribution in [0.3, 0.4) is 0 Å². The van der Waals surface area contributed by atoms with Gasteiger partial charge in [-0.3, -0.25) is 0 Å². The fourth-order valence-electron chi connectivity index (χ4n) is 1.49. The third-order valence-corrected chi connectivity index (χ3v) is 3.79. The Hall–Kier alpha value is 0.700. The fourth-order valence-corrected chi connectivity index (χ4v) is 2.84. The van der Waals surface area contributed by atoms with Crippen LogP contribution in [0.25, 0.3) is 0 Å². The Bertz CT molecular complexity index is 77.3. The van der Waals surface area contributed by atoms with E-state index in [1.807, 2.05) is 0 Å². The van der Waals surface area contributed by atoms with Gasteiger partial charge in [0.15, 0.2) is 0 Å². The van der Waals surface area contributed by atoms with E-state index in [4.69, 9.17) is 0 Å². The Labute approximate surface area is 73.6 Å². The first kappa shape index (κ1) is 8.79. The summed E-state index contributed by atoms with van der Waals surface area (Å²) in [5.74, 6) is 4.71. The van der Waals surface area contributed by atoms with E-state index >= 15 is 0 Å². The predicted octanol–water partition coefficient (Wildman–Crippen LogP) is 2.84. The van der Waals surface area contributed by atoms with Gasteiger partial charge in [0.25, 0.3) is 0 Å². The topological polar surface area (TPSA) is 0 Å². The monoisotopic (exact) mass is 176 g/mol. The molecule has 10 heavy (non-hydrogen) atoms.